The molecule has 2 aromatic rings. The van der Waals surface area contributed by atoms with Gasteiger partial charge in [-0.3, -0.25) is 9.78 Å². The highest BCUT2D eigenvalue weighted by Crippen LogP contribution is 2.29. The summed E-state index contributed by atoms with van der Waals surface area (Å²) in [5, 5.41) is 0.742. The minimum absolute atomic E-state index is 0.0360. The Morgan fingerprint density at radius 3 is 2.70 bits per heavy atom. The van der Waals surface area contributed by atoms with Gasteiger partial charge in [-0.05, 0) is 43.7 Å². The Morgan fingerprint density at radius 2 is 1.93 bits per heavy atom. The van der Waals surface area contributed by atoms with Crippen LogP contribution < -0.4 is 0 Å². The maximum atomic E-state index is 13.1. The summed E-state index contributed by atoms with van der Waals surface area (Å²) in [7, 11) is -1.53. The number of carbonyl (C=O) groups is 2. The smallest absolute Gasteiger partial charge is 0.339 e. The third kappa shape index (κ3) is 4.19. The van der Waals surface area contributed by atoms with Crippen LogP contribution in [0.3, 0.4) is 0 Å². The van der Waals surface area contributed by atoms with Gasteiger partial charge in [-0.1, -0.05) is 24.6 Å². The molecule has 7 nitrogen and oxygen atoms in total. The van der Waals surface area contributed by atoms with E-state index in [1.54, 1.807) is 7.05 Å². The maximum absolute atomic E-state index is 13.1. The molecule has 160 valence electrons. The lowest BCUT2D eigenvalue weighted by Crippen LogP contribution is -2.40. The molecule has 1 saturated heterocycles. The van der Waals surface area contributed by atoms with E-state index in [4.69, 9.17) is 9.72 Å². The monoisotopic (exact) mass is 430 g/mol. The zero-order valence-corrected chi connectivity index (χ0v) is 17.9. The molecule has 2 aliphatic rings. The number of aromatic nitrogens is 1. The Labute approximate surface area is 176 Å². The van der Waals surface area contributed by atoms with Crippen molar-refractivity contribution in [3.63, 3.8) is 0 Å². The van der Waals surface area contributed by atoms with Crippen molar-refractivity contribution in [3.05, 3.63) is 41.1 Å². The first kappa shape index (κ1) is 20.8. The number of pyridine rings is 1. The number of likely N-dealkylation sites (N-methyl/N-ethyl adjacent to an activating group) is 1. The van der Waals surface area contributed by atoms with Crippen molar-refractivity contribution in [1.82, 2.24) is 9.88 Å². The first-order chi connectivity index (χ1) is 14.4. The largest absolute Gasteiger partial charge is 0.452 e. The van der Waals surface area contributed by atoms with Gasteiger partial charge in [-0.15, -0.1) is 0 Å². The highest BCUT2D eigenvalue weighted by molar-refractivity contribution is 7.91. The van der Waals surface area contributed by atoms with Crippen LogP contribution in [0.25, 0.3) is 10.9 Å². The Balaban J connectivity index is 1.55. The molecule has 0 saturated carbocycles. The Kier molecular flexibility index (Phi) is 5.77. The summed E-state index contributed by atoms with van der Waals surface area (Å²) >= 11 is 0. The van der Waals surface area contributed by atoms with Gasteiger partial charge in [0.25, 0.3) is 5.91 Å². The summed E-state index contributed by atoms with van der Waals surface area (Å²) < 4.78 is 28.8. The van der Waals surface area contributed by atoms with Crippen molar-refractivity contribution >= 4 is 32.6 Å². The van der Waals surface area contributed by atoms with E-state index >= 15 is 0 Å². The molecule has 0 radical (unpaired) electrons. The SMILES string of the molecule is CN(C(=O)COC(=O)c1c2c(nc3ccccc13)CCCCC2)[C@H]1CCS(=O)(=O)C1. The molecule has 2 heterocycles. The van der Waals surface area contributed by atoms with Crippen molar-refractivity contribution in [2.75, 3.05) is 25.2 Å². The summed E-state index contributed by atoms with van der Waals surface area (Å²) in [6.45, 7) is -0.405. The fourth-order valence-electron chi connectivity index (χ4n) is 4.37. The van der Waals surface area contributed by atoms with E-state index in [1.165, 1.54) is 4.90 Å². The van der Waals surface area contributed by atoms with Crippen molar-refractivity contribution in [1.29, 1.82) is 0 Å². The summed E-state index contributed by atoms with van der Waals surface area (Å²) in [6.07, 6.45) is 5.14. The van der Waals surface area contributed by atoms with Gasteiger partial charge in [0.05, 0.1) is 22.6 Å². The Bertz CT molecular complexity index is 1100. The van der Waals surface area contributed by atoms with Crippen molar-refractivity contribution < 1.29 is 22.7 Å². The number of ether oxygens (including phenoxy) is 1. The predicted molar refractivity (Wildman–Crippen MR) is 113 cm³/mol. The summed E-state index contributed by atoms with van der Waals surface area (Å²) in [4.78, 5) is 31.8. The third-order valence-corrected chi connectivity index (χ3v) is 7.85. The second kappa shape index (κ2) is 8.34. The van der Waals surface area contributed by atoms with E-state index in [0.29, 0.717) is 12.0 Å². The summed E-state index contributed by atoms with van der Waals surface area (Å²) in [6, 6.07) is 7.14. The fraction of sp³-hybridized carbons (Fsp3) is 0.500. The standard InChI is InChI=1S/C22H26N2O5S/c1-24(15-11-12-30(27,28)14-15)20(25)13-29-22(26)21-16-7-3-2-4-9-18(16)23-19-10-6-5-8-17(19)21/h5-6,8,10,15H,2-4,7,9,11-14H2,1H3/t15-/m0/s1. The number of fused-ring (bicyclic) bond motifs is 2. The van der Waals surface area contributed by atoms with Gasteiger partial charge in [0.1, 0.15) is 0 Å². The molecule has 1 fully saturated rings. The quantitative estimate of drug-likeness (QED) is 0.546. The molecule has 0 N–H and O–H groups in total. The van der Waals surface area contributed by atoms with Crippen LogP contribution in [0, 0.1) is 0 Å². The van der Waals surface area contributed by atoms with Crippen LogP contribution >= 0.6 is 0 Å². The molecule has 1 atom stereocenters. The number of carbonyl (C=O) groups excluding carboxylic acids is 2. The highest BCUT2D eigenvalue weighted by atomic mass is 32.2. The average molecular weight is 431 g/mol. The molecule has 1 aromatic heterocycles. The van der Waals surface area contributed by atoms with Crippen LogP contribution in [0.15, 0.2) is 24.3 Å². The molecule has 4 rings (SSSR count). The Morgan fingerprint density at radius 1 is 1.17 bits per heavy atom. The second-order valence-electron chi connectivity index (χ2n) is 8.13. The van der Waals surface area contributed by atoms with E-state index in [0.717, 1.165) is 54.3 Å². The van der Waals surface area contributed by atoms with Gasteiger partial charge in [-0.25, -0.2) is 13.2 Å². The molecule has 1 aliphatic carbocycles. The number of para-hydroxylation sites is 1. The minimum Gasteiger partial charge on any atom is -0.452 e. The van der Waals surface area contributed by atoms with E-state index in [1.807, 2.05) is 24.3 Å². The van der Waals surface area contributed by atoms with E-state index in [-0.39, 0.29) is 17.5 Å². The first-order valence-electron chi connectivity index (χ1n) is 10.4. The lowest BCUT2D eigenvalue weighted by molar-refractivity contribution is -0.134. The summed E-state index contributed by atoms with van der Waals surface area (Å²) in [5.41, 5.74) is 3.14. The molecule has 1 aromatic carbocycles. The van der Waals surface area contributed by atoms with Crippen LogP contribution in [0.4, 0.5) is 0 Å². The van der Waals surface area contributed by atoms with Crippen LogP contribution in [-0.2, 0) is 32.2 Å². The van der Waals surface area contributed by atoms with Gasteiger partial charge < -0.3 is 9.64 Å². The van der Waals surface area contributed by atoms with Gasteiger partial charge in [-0.2, -0.15) is 0 Å². The fourth-order valence-corrected chi connectivity index (χ4v) is 6.14. The zero-order chi connectivity index (χ0) is 21.3. The van der Waals surface area contributed by atoms with E-state index in [9.17, 15) is 18.0 Å². The number of hydrogen-bond acceptors (Lipinski definition) is 6. The average Bonchev–Trinajstić information content (AvgIpc) is 2.94. The van der Waals surface area contributed by atoms with Crippen LogP contribution in [-0.4, -0.2) is 61.4 Å². The normalized spacial score (nSPS) is 20.4. The van der Waals surface area contributed by atoms with Crippen molar-refractivity contribution in [3.8, 4) is 0 Å². The van der Waals surface area contributed by atoms with Gasteiger partial charge >= 0.3 is 5.97 Å². The van der Waals surface area contributed by atoms with Crippen molar-refractivity contribution in [2.45, 2.75) is 44.6 Å². The lowest BCUT2D eigenvalue weighted by Gasteiger charge is -2.23. The number of esters is 1. The molecule has 0 unspecified atom stereocenters. The highest BCUT2D eigenvalue weighted by Gasteiger charge is 2.33. The zero-order valence-electron chi connectivity index (χ0n) is 17.1. The van der Waals surface area contributed by atoms with Gasteiger partial charge in [0.2, 0.25) is 0 Å². The number of rotatable bonds is 4. The molecule has 8 heteroatoms. The van der Waals surface area contributed by atoms with E-state index in [2.05, 4.69) is 0 Å². The summed E-state index contributed by atoms with van der Waals surface area (Å²) in [5.74, 6) is -0.863. The van der Waals surface area contributed by atoms with Crippen LogP contribution in [0.2, 0.25) is 0 Å². The molecule has 0 bridgehead atoms. The molecule has 1 amide bonds. The minimum atomic E-state index is -3.09. The number of aryl methyl sites for hydroxylation is 1. The molecular formula is C22H26N2O5S. The number of amides is 1. The number of benzene rings is 1. The van der Waals surface area contributed by atoms with Gasteiger partial charge in [0, 0.05) is 24.2 Å². The maximum Gasteiger partial charge on any atom is 0.339 e. The second-order valence-corrected chi connectivity index (χ2v) is 10.4. The van der Waals surface area contributed by atoms with Crippen molar-refractivity contribution in [2.24, 2.45) is 0 Å². The molecule has 30 heavy (non-hydrogen) atoms. The lowest BCUT2D eigenvalue weighted by atomic mass is 9.97. The number of nitrogens with zero attached hydrogens (tertiary/aromatic N) is 2. The van der Waals surface area contributed by atoms with E-state index < -0.39 is 28.3 Å². The number of hydrogen-bond donors (Lipinski definition) is 0. The Hall–Kier alpha value is -2.48. The predicted octanol–water partition coefficient (Wildman–Crippen LogP) is 2.31. The molecule has 1 aliphatic heterocycles. The molecule has 0 spiro atoms. The number of sulfone groups is 1. The topological polar surface area (TPSA) is 93.6 Å². The van der Waals surface area contributed by atoms with Crippen LogP contribution in [0.1, 0.15) is 47.3 Å². The molecular weight excluding hydrogens is 404 g/mol. The third-order valence-electron chi connectivity index (χ3n) is 6.10. The van der Waals surface area contributed by atoms with Gasteiger partial charge in [0.15, 0.2) is 16.4 Å². The van der Waals surface area contributed by atoms with Crippen LogP contribution in [0.5, 0.6) is 0 Å². The first-order valence-corrected chi connectivity index (χ1v) is 12.2.